The third kappa shape index (κ3) is 2.75. The van der Waals surface area contributed by atoms with Crippen molar-refractivity contribution in [3.8, 4) is 5.75 Å². The van der Waals surface area contributed by atoms with Crippen LogP contribution in [0.25, 0.3) is 6.08 Å². The number of nitrogens with one attached hydrogen (secondary N) is 1. The summed E-state index contributed by atoms with van der Waals surface area (Å²) in [5.74, 6) is 0.337. The average molecular weight is 337 g/mol. The van der Waals surface area contributed by atoms with E-state index in [4.69, 9.17) is 4.74 Å². The quantitative estimate of drug-likeness (QED) is 0.522. The van der Waals surface area contributed by atoms with Crippen LogP contribution in [-0.2, 0) is 4.79 Å². The van der Waals surface area contributed by atoms with E-state index in [9.17, 15) is 9.59 Å². The van der Waals surface area contributed by atoms with Crippen molar-refractivity contribution in [1.29, 1.82) is 0 Å². The Morgan fingerprint density at radius 3 is 2.80 bits per heavy atom. The lowest BCUT2D eigenvalue weighted by Crippen LogP contribution is -2.30. The third-order valence-corrected chi connectivity index (χ3v) is 3.38. The van der Waals surface area contributed by atoms with Gasteiger partial charge in [-0.05, 0) is 39.7 Å². The predicted molar refractivity (Wildman–Crippen MR) is 79.1 cm³/mol. The van der Waals surface area contributed by atoms with E-state index in [1.165, 1.54) is 6.08 Å². The van der Waals surface area contributed by atoms with Gasteiger partial charge in [0.05, 0.1) is 11.6 Å². The minimum absolute atomic E-state index is 0.189. The van der Waals surface area contributed by atoms with Gasteiger partial charge in [-0.15, -0.1) is 6.58 Å². The molecule has 1 saturated heterocycles. The van der Waals surface area contributed by atoms with Gasteiger partial charge in [-0.1, -0.05) is 12.1 Å². The second kappa shape index (κ2) is 5.92. The minimum Gasteiger partial charge on any atom is -0.496 e. The molecule has 3 amide bonds. The SMILES string of the molecule is C=CCN1C(=O)N/C(=C/c2ccc(OC)c(Br)c2)C1=O. The lowest BCUT2D eigenvalue weighted by atomic mass is 10.2. The molecule has 0 radical (unpaired) electrons. The molecule has 0 bridgehead atoms. The number of carbonyl (C=O) groups is 2. The summed E-state index contributed by atoms with van der Waals surface area (Å²) in [5.41, 5.74) is 1.02. The van der Waals surface area contributed by atoms with Crippen LogP contribution >= 0.6 is 15.9 Å². The number of nitrogens with zero attached hydrogens (tertiary/aromatic N) is 1. The molecule has 104 valence electrons. The molecule has 1 aromatic carbocycles. The number of carbonyl (C=O) groups excluding carboxylic acids is 2. The molecule has 0 spiro atoms. The number of halogens is 1. The van der Waals surface area contributed by atoms with Crippen molar-refractivity contribution in [3.05, 3.63) is 46.6 Å². The first-order valence-corrected chi connectivity index (χ1v) is 6.65. The van der Waals surface area contributed by atoms with Crippen LogP contribution in [0.3, 0.4) is 0 Å². The van der Waals surface area contributed by atoms with Crippen LogP contribution in [-0.4, -0.2) is 30.5 Å². The Morgan fingerprint density at radius 2 is 2.20 bits per heavy atom. The number of amides is 3. The van der Waals surface area contributed by atoms with E-state index in [2.05, 4.69) is 27.8 Å². The monoisotopic (exact) mass is 336 g/mol. The van der Waals surface area contributed by atoms with Crippen molar-refractivity contribution < 1.29 is 14.3 Å². The maximum absolute atomic E-state index is 12.0. The summed E-state index contributed by atoms with van der Waals surface area (Å²) < 4.78 is 5.91. The number of methoxy groups -OCH3 is 1. The van der Waals surface area contributed by atoms with Crippen molar-refractivity contribution >= 4 is 33.9 Å². The summed E-state index contributed by atoms with van der Waals surface area (Å²) in [6, 6.07) is 4.95. The van der Waals surface area contributed by atoms with Gasteiger partial charge in [-0.25, -0.2) is 4.79 Å². The first-order chi connectivity index (χ1) is 9.56. The van der Waals surface area contributed by atoms with Crippen LogP contribution in [0.5, 0.6) is 5.75 Å². The first-order valence-electron chi connectivity index (χ1n) is 5.85. The zero-order valence-electron chi connectivity index (χ0n) is 10.9. The van der Waals surface area contributed by atoms with Crippen molar-refractivity contribution in [2.24, 2.45) is 0 Å². The van der Waals surface area contributed by atoms with Gasteiger partial charge in [0.15, 0.2) is 0 Å². The number of benzene rings is 1. The first kappa shape index (κ1) is 14.3. The smallest absolute Gasteiger partial charge is 0.329 e. The lowest BCUT2D eigenvalue weighted by molar-refractivity contribution is -0.122. The Labute approximate surface area is 125 Å². The largest absolute Gasteiger partial charge is 0.496 e. The highest BCUT2D eigenvalue weighted by Gasteiger charge is 2.32. The highest BCUT2D eigenvalue weighted by Crippen LogP contribution is 2.26. The van der Waals surface area contributed by atoms with Gasteiger partial charge in [0.1, 0.15) is 11.4 Å². The zero-order valence-corrected chi connectivity index (χ0v) is 12.4. The molecule has 0 atom stereocenters. The fourth-order valence-corrected chi connectivity index (χ4v) is 2.36. The maximum atomic E-state index is 12.0. The molecule has 20 heavy (non-hydrogen) atoms. The Balaban J connectivity index is 2.28. The van der Waals surface area contributed by atoms with E-state index in [1.807, 2.05) is 0 Å². The molecule has 1 aromatic rings. The van der Waals surface area contributed by atoms with Crippen molar-refractivity contribution in [2.75, 3.05) is 13.7 Å². The fraction of sp³-hybridized carbons (Fsp3) is 0.143. The van der Waals surface area contributed by atoms with E-state index in [-0.39, 0.29) is 18.1 Å². The highest BCUT2D eigenvalue weighted by molar-refractivity contribution is 9.10. The van der Waals surface area contributed by atoms with Crippen molar-refractivity contribution in [3.63, 3.8) is 0 Å². The summed E-state index contributed by atoms with van der Waals surface area (Å²) >= 11 is 3.37. The molecular weight excluding hydrogens is 324 g/mol. The zero-order chi connectivity index (χ0) is 14.7. The Hall–Kier alpha value is -2.08. The van der Waals surface area contributed by atoms with Crippen LogP contribution < -0.4 is 10.1 Å². The van der Waals surface area contributed by atoms with Gasteiger partial charge in [0, 0.05) is 6.54 Å². The number of hydrogen-bond acceptors (Lipinski definition) is 3. The van der Waals surface area contributed by atoms with Crippen molar-refractivity contribution in [2.45, 2.75) is 0 Å². The van der Waals surface area contributed by atoms with E-state index < -0.39 is 6.03 Å². The van der Waals surface area contributed by atoms with Crippen LogP contribution in [0.4, 0.5) is 4.79 Å². The second-order valence-electron chi connectivity index (χ2n) is 4.09. The molecule has 0 aliphatic carbocycles. The molecule has 5 nitrogen and oxygen atoms in total. The van der Waals surface area contributed by atoms with Gasteiger partial charge >= 0.3 is 6.03 Å². The van der Waals surface area contributed by atoms with E-state index >= 15 is 0 Å². The molecule has 1 heterocycles. The number of ether oxygens (including phenoxy) is 1. The molecule has 0 saturated carbocycles. The molecule has 1 aliphatic heterocycles. The second-order valence-corrected chi connectivity index (χ2v) is 4.94. The molecule has 1 aliphatic rings. The summed E-state index contributed by atoms with van der Waals surface area (Å²) in [4.78, 5) is 24.7. The summed E-state index contributed by atoms with van der Waals surface area (Å²) in [6.45, 7) is 3.71. The lowest BCUT2D eigenvalue weighted by Gasteiger charge is -2.07. The van der Waals surface area contributed by atoms with E-state index in [0.717, 1.165) is 14.9 Å². The Morgan fingerprint density at radius 1 is 1.45 bits per heavy atom. The number of imide groups is 1. The van der Waals surface area contributed by atoms with Gasteiger partial charge < -0.3 is 10.1 Å². The number of urea groups is 1. The van der Waals surface area contributed by atoms with Gasteiger partial charge in [0.25, 0.3) is 5.91 Å². The molecule has 2 rings (SSSR count). The normalized spacial score (nSPS) is 16.5. The fourth-order valence-electron chi connectivity index (χ4n) is 1.81. The number of rotatable bonds is 4. The Kier molecular flexibility index (Phi) is 4.24. The maximum Gasteiger partial charge on any atom is 0.329 e. The molecule has 6 heteroatoms. The molecule has 1 fully saturated rings. The average Bonchev–Trinajstić information content (AvgIpc) is 2.67. The van der Waals surface area contributed by atoms with Gasteiger partial charge in [-0.3, -0.25) is 9.69 Å². The predicted octanol–water partition coefficient (Wildman–Crippen LogP) is 2.54. The molecular formula is C14H13BrN2O3. The van der Waals surface area contributed by atoms with E-state index in [0.29, 0.717) is 5.75 Å². The van der Waals surface area contributed by atoms with Crippen LogP contribution in [0.15, 0.2) is 41.0 Å². The highest BCUT2D eigenvalue weighted by atomic mass is 79.9. The third-order valence-electron chi connectivity index (χ3n) is 2.76. The standard InChI is InChI=1S/C14H13BrN2O3/c1-3-6-17-13(18)11(16-14(17)19)8-9-4-5-12(20-2)10(15)7-9/h3-5,7-8H,1,6H2,2H3,(H,16,19)/b11-8+. The van der Waals surface area contributed by atoms with E-state index in [1.54, 1.807) is 31.4 Å². The minimum atomic E-state index is -0.436. The topological polar surface area (TPSA) is 58.6 Å². The molecule has 0 aromatic heterocycles. The number of hydrogen-bond donors (Lipinski definition) is 1. The van der Waals surface area contributed by atoms with Crippen LogP contribution in [0.2, 0.25) is 0 Å². The van der Waals surface area contributed by atoms with Crippen LogP contribution in [0, 0.1) is 0 Å². The molecule has 0 unspecified atom stereocenters. The summed E-state index contributed by atoms with van der Waals surface area (Å²) in [6.07, 6.45) is 3.12. The Bertz CT molecular complexity index is 610. The summed E-state index contributed by atoms with van der Waals surface area (Å²) in [5, 5.41) is 2.54. The summed E-state index contributed by atoms with van der Waals surface area (Å²) in [7, 11) is 1.58. The van der Waals surface area contributed by atoms with Crippen LogP contribution in [0.1, 0.15) is 5.56 Å². The molecule has 1 N–H and O–H groups in total. The van der Waals surface area contributed by atoms with Crippen molar-refractivity contribution in [1.82, 2.24) is 10.2 Å². The van der Waals surface area contributed by atoms with Gasteiger partial charge in [0.2, 0.25) is 0 Å². The van der Waals surface area contributed by atoms with Gasteiger partial charge in [-0.2, -0.15) is 0 Å².